The number of benzene rings is 1. The van der Waals surface area contributed by atoms with Gasteiger partial charge in [0.15, 0.2) is 0 Å². The summed E-state index contributed by atoms with van der Waals surface area (Å²) < 4.78 is 1.80. The monoisotopic (exact) mass is 312 g/mol. The van der Waals surface area contributed by atoms with Gasteiger partial charge in [-0.1, -0.05) is 53.8 Å². The van der Waals surface area contributed by atoms with E-state index in [1.165, 1.54) is 17.6 Å². The van der Waals surface area contributed by atoms with Crippen LogP contribution in [0.5, 0.6) is 0 Å². The summed E-state index contributed by atoms with van der Waals surface area (Å²) >= 11 is 1.70. The average Bonchev–Trinajstić information content (AvgIpc) is 3.02. The summed E-state index contributed by atoms with van der Waals surface area (Å²) in [5, 5.41) is 12.9. The normalized spacial score (nSPS) is 18.0. The van der Waals surface area contributed by atoms with Crippen LogP contribution in [0.2, 0.25) is 0 Å². The zero-order valence-electron chi connectivity index (χ0n) is 12.8. The van der Waals surface area contributed by atoms with E-state index in [2.05, 4.69) is 35.1 Å². The van der Waals surface area contributed by atoms with Crippen LogP contribution in [0.15, 0.2) is 59.3 Å². The van der Waals surface area contributed by atoms with E-state index in [0.29, 0.717) is 5.92 Å². The number of allylic oxidation sites excluding steroid dienone is 2. The molecule has 2 aromatic rings. The predicted molar refractivity (Wildman–Crippen MR) is 90.1 cm³/mol. The molecule has 3 rings (SSSR count). The highest BCUT2D eigenvalue weighted by molar-refractivity contribution is 7.99. The van der Waals surface area contributed by atoms with Gasteiger partial charge in [0.25, 0.3) is 0 Å². The smallest absolute Gasteiger partial charge is 0.188 e. The van der Waals surface area contributed by atoms with Gasteiger partial charge in [-0.2, -0.15) is 4.68 Å². The summed E-state index contributed by atoms with van der Waals surface area (Å²) in [5.41, 5.74) is 3.79. The van der Waals surface area contributed by atoms with Crippen molar-refractivity contribution in [2.24, 2.45) is 5.92 Å². The van der Waals surface area contributed by atoms with Crippen molar-refractivity contribution in [3.05, 3.63) is 54.1 Å². The van der Waals surface area contributed by atoms with Crippen LogP contribution in [0.3, 0.4) is 0 Å². The van der Waals surface area contributed by atoms with E-state index in [0.717, 1.165) is 29.4 Å². The maximum Gasteiger partial charge on any atom is 0.214 e. The van der Waals surface area contributed by atoms with Gasteiger partial charge < -0.3 is 0 Å². The van der Waals surface area contributed by atoms with Crippen LogP contribution in [0.4, 0.5) is 0 Å². The van der Waals surface area contributed by atoms with Crippen LogP contribution in [0, 0.1) is 5.92 Å². The minimum atomic E-state index is 0.656. The number of nitrogens with zero attached hydrogens (tertiary/aromatic N) is 4. The summed E-state index contributed by atoms with van der Waals surface area (Å²) in [4.78, 5) is 0. The molecule has 114 valence electrons. The van der Waals surface area contributed by atoms with E-state index in [1.54, 1.807) is 16.4 Å². The molecule has 0 radical (unpaired) electrons. The molecule has 4 nitrogen and oxygen atoms in total. The number of hydrogen-bond donors (Lipinski definition) is 0. The molecule has 0 N–H and O–H groups in total. The predicted octanol–water partition coefficient (Wildman–Crippen LogP) is 4.06. The van der Waals surface area contributed by atoms with Crippen molar-refractivity contribution in [3.63, 3.8) is 0 Å². The lowest BCUT2D eigenvalue weighted by atomic mass is 9.86. The molecule has 0 amide bonds. The molecule has 0 fully saturated rings. The third kappa shape index (κ3) is 3.47. The first kappa shape index (κ1) is 15.0. The standard InChI is InChI=1S/C17H20N4S/c1-13(2)15-10-8-14(9-11-15)12-22-17-18-19-20-21(17)16-6-4-3-5-7-16/h3-8,15H,1,9-12H2,2H3/t15-/m1/s1. The zero-order chi connectivity index (χ0) is 15.4. The second-order valence-electron chi connectivity index (χ2n) is 5.68. The Morgan fingerprint density at radius 2 is 2.18 bits per heavy atom. The van der Waals surface area contributed by atoms with E-state index >= 15 is 0 Å². The minimum absolute atomic E-state index is 0.656. The Hall–Kier alpha value is -1.88. The molecule has 0 saturated heterocycles. The van der Waals surface area contributed by atoms with Gasteiger partial charge in [-0.3, -0.25) is 0 Å². The number of hydrogen-bond acceptors (Lipinski definition) is 4. The Morgan fingerprint density at radius 1 is 1.36 bits per heavy atom. The Bertz CT molecular complexity index is 675. The van der Waals surface area contributed by atoms with Gasteiger partial charge in [0.2, 0.25) is 5.16 Å². The molecular formula is C17H20N4S. The molecule has 0 bridgehead atoms. The topological polar surface area (TPSA) is 43.6 Å². The first-order valence-corrected chi connectivity index (χ1v) is 8.52. The van der Waals surface area contributed by atoms with Crippen LogP contribution in [-0.4, -0.2) is 26.0 Å². The third-order valence-electron chi connectivity index (χ3n) is 4.03. The lowest BCUT2D eigenvalue weighted by molar-refractivity contribution is 0.541. The molecule has 22 heavy (non-hydrogen) atoms. The fraction of sp³-hybridized carbons (Fsp3) is 0.353. The van der Waals surface area contributed by atoms with Crippen LogP contribution in [0.1, 0.15) is 26.2 Å². The fourth-order valence-electron chi connectivity index (χ4n) is 2.62. The van der Waals surface area contributed by atoms with Gasteiger partial charge in [-0.05, 0) is 54.7 Å². The Kier molecular flexibility index (Phi) is 4.73. The molecule has 1 atom stereocenters. The Morgan fingerprint density at radius 3 is 2.86 bits per heavy atom. The molecular weight excluding hydrogens is 292 g/mol. The molecule has 1 aliphatic carbocycles. The van der Waals surface area contributed by atoms with Crippen molar-refractivity contribution in [1.82, 2.24) is 20.2 Å². The lowest BCUT2D eigenvalue weighted by Crippen LogP contribution is -2.08. The number of tetrazole rings is 1. The SMILES string of the molecule is C=C(C)[C@@H]1CC=C(CSc2nnnn2-c2ccccc2)CC1. The van der Waals surface area contributed by atoms with E-state index < -0.39 is 0 Å². The molecule has 0 unspecified atom stereocenters. The van der Waals surface area contributed by atoms with Crippen LogP contribution in [-0.2, 0) is 0 Å². The molecule has 1 aromatic heterocycles. The van der Waals surface area contributed by atoms with E-state index in [1.807, 2.05) is 30.3 Å². The second-order valence-corrected chi connectivity index (χ2v) is 6.62. The number of thioether (sulfide) groups is 1. The molecule has 0 saturated carbocycles. The van der Waals surface area contributed by atoms with E-state index in [-0.39, 0.29) is 0 Å². The van der Waals surface area contributed by atoms with Crippen LogP contribution >= 0.6 is 11.8 Å². The van der Waals surface area contributed by atoms with Gasteiger partial charge in [0.1, 0.15) is 0 Å². The highest BCUT2D eigenvalue weighted by atomic mass is 32.2. The molecule has 1 aliphatic rings. The van der Waals surface area contributed by atoms with Gasteiger partial charge >= 0.3 is 0 Å². The Balaban J connectivity index is 1.64. The van der Waals surface area contributed by atoms with Crippen molar-refractivity contribution < 1.29 is 0 Å². The molecule has 0 spiro atoms. The highest BCUT2D eigenvalue weighted by Crippen LogP contribution is 2.31. The quantitative estimate of drug-likeness (QED) is 0.617. The first-order valence-electron chi connectivity index (χ1n) is 7.54. The summed E-state index contributed by atoms with van der Waals surface area (Å²) in [6.45, 7) is 6.20. The summed E-state index contributed by atoms with van der Waals surface area (Å²) in [5.74, 6) is 1.61. The number of aromatic nitrogens is 4. The Labute approximate surface area is 135 Å². The first-order chi connectivity index (χ1) is 10.7. The van der Waals surface area contributed by atoms with Gasteiger partial charge in [0.05, 0.1) is 5.69 Å². The van der Waals surface area contributed by atoms with Gasteiger partial charge in [-0.25, -0.2) is 0 Å². The van der Waals surface area contributed by atoms with Crippen LogP contribution < -0.4 is 0 Å². The van der Waals surface area contributed by atoms with Gasteiger partial charge in [-0.15, -0.1) is 5.10 Å². The van der Waals surface area contributed by atoms with Crippen molar-refractivity contribution in [2.45, 2.75) is 31.3 Å². The van der Waals surface area contributed by atoms with E-state index in [4.69, 9.17) is 0 Å². The molecule has 1 heterocycles. The highest BCUT2D eigenvalue weighted by Gasteiger charge is 2.16. The minimum Gasteiger partial charge on any atom is -0.188 e. The average molecular weight is 312 g/mol. The maximum absolute atomic E-state index is 4.14. The zero-order valence-corrected chi connectivity index (χ0v) is 13.6. The fourth-order valence-corrected chi connectivity index (χ4v) is 3.56. The number of para-hydroxylation sites is 1. The summed E-state index contributed by atoms with van der Waals surface area (Å²) in [6.07, 6.45) is 5.85. The summed E-state index contributed by atoms with van der Waals surface area (Å²) in [7, 11) is 0. The second kappa shape index (κ2) is 6.92. The van der Waals surface area contributed by atoms with Gasteiger partial charge in [0, 0.05) is 5.75 Å². The van der Waals surface area contributed by atoms with Crippen molar-refractivity contribution in [2.75, 3.05) is 5.75 Å². The largest absolute Gasteiger partial charge is 0.214 e. The number of rotatable bonds is 5. The van der Waals surface area contributed by atoms with Crippen LogP contribution in [0.25, 0.3) is 5.69 Å². The lowest BCUT2D eigenvalue weighted by Gasteiger charge is -2.21. The molecule has 5 heteroatoms. The van der Waals surface area contributed by atoms with E-state index in [9.17, 15) is 0 Å². The molecule has 1 aromatic carbocycles. The third-order valence-corrected chi connectivity index (χ3v) is 5.06. The van der Waals surface area contributed by atoms with Crippen molar-refractivity contribution in [1.29, 1.82) is 0 Å². The van der Waals surface area contributed by atoms with Crippen molar-refractivity contribution in [3.8, 4) is 5.69 Å². The molecule has 0 aliphatic heterocycles. The van der Waals surface area contributed by atoms with Crippen molar-refractivity contribution >= 4 is 11.8 Å². The maximum atomic E-state index is 4.14. The summed E-state index contributed by atoms with van der Waals surface area (Å²) in [6, 6.07) is 10.0.